The second kappa shape index (κ2) is 7.69. The van der Waals surface area contributed by atoms with Gasteiger partial charge >= 0.3 is 12.4 Å². The fourth-order valence-electron chi connectivity index (χ4n) is 2.82. The molecule has 1 aromatic carbocycles. The van der Waals surface area contributed by atoms with E-state index in [1.807, 2.05) is 0 Å². The summed E-state index contributed by atoms with van der Waals surface area (Å²) in [6.07, 6.45) is -9.95. The topological polar surface area (TPSA) is 52.7 Å². The van der Waals surface area contributed by atoms with Crippen molar-refractivity contribution in [2.24, 2.45) is 0 Å². The zero-order valence-corrected chi connectivity index (χ0v) is 15.3. The number of halogens is 7. The molecule has 2 aromatic heterocycles. The first-order valence-corrected chi connectivity index (χ1v) is 8.68. The third-order valence-electron chi connectivity index (χ3n) is 4.00. The summed E-state index contributed by atoms with van der Waals surface area (Å²) in [6, 6.07) is 5.85. The lowest BCUT2D eigenvalue weighted by Gasteiger charge is -2.14. The van der Waals surface area contributed by atoms with E-state index >= 15 is 0 Å². The summed E-state index contributed by atoms with van der Waals surface area (Å²) in [5.74, 6) is -0.0991. The van der Waals surface area contributed by atoms with E-state index in [-0.39, 0.29) is 35.5 Å². The highest BCUT2D eigenvalue weighted by Gasteiger charge is 2.30. The zero-order chi connectivity index (χ0) is 21.4. The lowest BCUT2D eigenvalue weighted by molar-refractivity contribution is -0.140. The van der Waals surface area contributed by atoms with E-state index in [4.69, 9.17) is 11.6 Å². The number of alkyl halides is 6. The molecule has 0 radical (unpaired) electrons. The van der Waals surface area contributed by atoms with Crippen LogP contribution in [0.5, 0.6) is 0 Å². The first kappa shape index (κ1) is 21.2. The van der Waals surface area contributed by atoms with E-state index in [2.05, 4.69) is 9.97 Å². The van der Waals surface area contributed by atoms with Gasteiger partial charge in [-0.1, -0.05) is 11.6 Å². The Morgan fingerprint density at radius 3 is 2.24 bits per heavy atom. The fraction of sp³-hybridized carbons (Fsp3) is 0.353. The molecule has 0 fully saturated rings. The van der Waals surface area contributed by atoms with E-state index in [9.17, 15) is 31.1 Å². The minimum absolute atomic E-state index is 0.0991. The van der Waals surface area contributed by atoms with Gasteiger partial charge in [-0.05, 0) is 30.7 Å². The van der Waals surface area contributed by atoms with Gasteiger partial charge in [-0.15, -0.1) is 0 Å². The van der Waals surface area contributed by atoms with Gasteiger partial charge in [-0.25, -0.2) is 9.97 Å². The van der Waals surface area contributed by atoms with Crippen molar-refractivity contribution in [3.05, 3.63) is 51.8 Å². The van der Waals surface area contributed by atoms with Crippen LogP contribution < -0.4 is 5.56 Å². The highest BCUT2D eigenvalue weighted by atomic mass is 35.5. The summed E-state index contributed by atoms with van der Waals surface area (Å²) in [4.78, 5) is 20.7. The summed E-state index contributed by atoms with van der Waals surface area (Å²) in [5, 5.41) is 0.365. The number of hydrogen-bond acceptors (Lipinski definition) is 3. The van der Waals surface area contributed by atoms with E-state index in [1.165, 1.54) is 24.3 Å². The highest BCUT2D eigenvalue weighted by molar-refractivity contribution is 6.30. The Balaban J connectivity index is 2.13. The first-order valence-electron chi connectivity index (χ1n) is 8.31. The molecular weight excluding hydrogens is 426 g/mol. The normalized spacial score (nSPS) is 12.7. The van der Waals surface area contributed by atoms with Crippen molar-refractivity contribution in [1.82, 2.24) is 19.1 Å². The van der Waals surface area contributed by atoms with Crippen LogP contribution in [-0.4, -0.2) is 31.5 Å². The molecule has 3 rings (SSSR count). The third kappa shape index (κ3) is 5.08. The van der Waals surface area contributed by atoms with Crippen molar-refractivity contribution in [3.63, 3.8) is 0 Å². The fourth-order valence-corrected chi connectivity index (χ4v) is 2.95. The van der Waals surface area contributed by atoms with Gasteiger partial charge in [0, 0.05) is 17.9 Å². The molecule has 0 spiro atoms. The summed E-state index contributed by atoms with van der Waals surface area (Å²) in [6.45, 7) is -1.43. The Morgan fingerprint density at radius 2 is 1.66 bits per heavy atom. The van der Waals surface area contributed by atoms with E-state index < -0.39 is 30.9 Å². The Bertz CT molecular complexity index is 1070. The van der Waals surface area contributed by atoms with Crippen molar-refractivity contribution < 1.29 is 26.3 Å². The monoisotopic (exact) mass is 438 g/mol. The number of imidazole rings is 1. The summed E-state index contributed by atoms with van der Waals surface area (Å²) in [7, 11) is 0. The van der Waals surface area contributed by atoms with Crippen LogP contribution in [0.1, 0.15) is 18.7 Å². The van der Waals surface area contributed by atoms with Crippen molar-refractivity contribution in [2.45, 2.75) is 38.2 Å². The third-order valence-corrected chi connectivity index (χ3v) is 4.26. The molecule has 0 amide bonds. The number of hydrogen-bond donors (Lipinski definition) is 0. The Labute approximate surface area is 164 Å². The average Bonchev–Trinajstić information content (AvgIpc) is 2.96. The minimum Gasteiger partial charge on any atom is -0.306 e. The van der Waals surface area contributed by atoms with Crippen LogP contribution in [0.2, 0.25) is 5.02 Å². The smallest absolute Gasteiger partial charge is 0.306 e. The van der Waals surface area contributed by atoms with Crippen molar-refractivity contribution in [2.75, 3.05) is 0 Å². The molecule has 0 aliphatic carbocycles. The number of rotatable bonds is 5. The molecule has 0 aliphatic heterocycles. The van der Waals surface area contributed by atoms with Gasteiger partial charge in [0.05, 0.1) is 12.0 Å². The van der Waals surface area contributed by atoms with Gasteiger partial charge in [0.2, 0.25) is 0 Å². The molecule has 0 unspecified atom stereocenters. The summed E-state index contributed by atoms with van der Waals surface area (Å²) in [5.41, 5.74) is -1.16. The molecule has 0 atom stereocenters. The van der Waals surface area contributed by atoms with Crippen LogP contribution in [0.4, 0.5) is 26.3 Å². The predicted octanol–water partition coefficient (Wildman–Crippen LogP) is 4.68. The SMILES string of the molecule is O=c1c2ncn(CC(F)(F)F)c2nc(CCCC(F)(F)F)n1-c1ccc(Cl)cc1. The molecule has 3 aromatic rings. The molecule has 0 N–H and O–H groups in total. The molecular formula is C17H13ClF6N4O. The summed E-state index contributed by atoms with van der Waals surface area (Å²) < 4.78 is 77.5. The van der Waals surface area contributed by atoms with E-state index in [1.54, 1.807) is 0 Å². The maximum Gasteiger partial charge on any atom is 0.406 e. The number of benzene rings is 1. The number of nitrogens with zero attached hydrogens (tertiary/aromatic N) is 4. The Kier molecular flexibility index (Phi) is 5.61. The lowest BCUT2D eigenvalue weighted by atomic mass is 10.2. The molecule has 29 heavy (non-hydrogen) atoms. The van der Waals surface area contributed by atoms with Crippen LogP contribution in [0.25, 0.3) is 16.9 Å². The van der Waals surface area contributed by atoms with Crippen LogP contribution in [0, 0.1) is 0 Å². The minimum atomic E-state index is -4.59. The maximum atomic E-state index is 12.9. The molecule has 5 nitrogen and oxygen atoms in total. The number of aryl methyl sites for hydroxylation is 1. The standard InChI is InChI=1S/C17H13ClF6N4O/c18-10-3-5-11(6-4-10)28-12(2-1-7-16(19,20)21)26-14-13(15(28)29)25-9-27(14)8-17(22,23)24/h3-6,9H,1-2,7-8H2. The van der Waals surface area contributed by atoms with Gasteiger partial charge < -0.3 is 4.57 Å². The van der Waals surface area contributed by atoms with Gasteiger partial charge in [0.25, 0.3) is 5.56 Å². The second-order valence-corrected chi connectivity index (χ2v) is 6.71. The van der Waals surface area contributed by atoms with Crippen LogP contribution in [0.3, 0.4) is 0 Å². The lowest BCUT2D eigenvalue weighted by Crippen LogP contribution is -2.25. The van der Waals surface area contributed by atoms with Gasteiger partial charge in [0.1, 0.15) is 12.4 Å². The van der Waals surface area contributed by atoms with Gasteiger partial charge in [-0.2, -0.15) is 26.3 Å². The first-order chi connectivity index (χ1) is 13.4. The van der Waals surface area contributed by atoms with Crippen molar-refractivity contribution in [1.29, 1.82) is 0 Å². The number of aromatic nitrogens is 4. The summed E-state index contributed by atoms with van der Waals surface area (Å²) >= 11 is 5.82. The largest absolute Gasteiger partial charge is 0.406 e. The van der Waals surface area contributed by atoms with Crippen molar-refractivity contribution >= 4 is 22.8 Å². The Morgan fingerprint density at radius 1 is 1.00 bits per heavy atom. The highest BCUT2D eigenvalue weighted by Crippen LogP contribution is 2.24. The van der Waals surface area contributed by atoms with Gasteiger partial charge in [-0.3, -0.25) is 9.36 Å². The molecule has 12 heteroatoms. The Hall–Kier alpha value is -2.56. The molecule has 0 saturated carbocycles. The van der Waals surface area contributed by atoms with E-state index in [0.29, 0.717) is 9.59 Å². The average molecular weight is 439 g/mol. The molecule has 0 aliphatic rings. The second-order valence-electron chi connectivity index (χ2n) is 6.27. The zero-order valence-electron chi connectivity index (χ0n) is 14.6. The molecule has 0 saturated heterocycles. The number of fused-ring (bicyclic) bond motifs is 1. The molecule has 156 valence electrons. The molecule has 2 heterocycles. The van der Waals surface area contributed by atoms with Crippen LogP contribution >= 0.6 is 11.6 Å². The maximum absolute atomic E-state index is 12.9. The van der Waals surface area contributed by atoms with Crippen molar-refractivity contribution in [3.8, 4) is 5.69 Å². The van der Waals surface area contributed by atoms with E-state index in [0.717, 1.165) is 10.9 Å². The van der Waals surface area contributed by atoms with Crippen LogP contribution in [-0.2, 0) is 13.0 Å². The van der Waals surface area contributed by atoms with Crippen LogP contribution in [0.15, 0.2) is 35.4 Å². The predicted molar refractivity (Wildman–Crippen MR) is 93.2 cm³/mol. The quantitative estimate of drug-likeness (QED) is 0.543. The molecule has 0 bridgehead atoms. The van der Waals surface area contributed by atoms with Gasteiger partial charge in [0.15, 0.2) is 11.2 Å².